The van der Waals surface area contributed by atoms with Gasteiger partial charge in [0.15, 0.2) is 23.1 Å². The molecule has 0 saturated carbocycles. The van der Waals surface area contributed by atoms with Gasteiger partial charge in [0.1, 0.15) is 13.2 Å². The van der Waals surface area contributed by atoms with E-state index in [1.54, 1.807) is 18.2 Å². The number of ether oxygens (including phenoxy) is 2. The highest BCUT2D eigenvalue weighted by atomic mass is 35.5. The first kappa shape index (κ1) is 19.6. The number of benzene rings is 1. The van der Waals surface area contributed by atoms with Crippen LogP contribution in [0.5, 0.6) is 11.5 Å². The molecule has 0 spiro atoms. The SMILES string of the molecule is CN1CCNCC1c1noc(CCC(=O)c2ccc3c(c2)OCCO3)n1.Cl. The van der Waals surface area contributed by atoms with Crippen LogP contribution in [0, 0.1) is 0 Å². The number of halogens is 1. The van der Waals surface area contributed by atoms with Crippen LogP contribution in [0.2, 0.25) is 0 Å². The Morgan fingerprint density at radius 3 is 2.93 bits per heavy atom. The maximum absolute atomic E-state index is 12.5. The third-order valence-corrected chi connectivity index (χ3v) is 4.72. The molecule has 1 N–H and O–H groups in total. The zero-order chi connectivity index (χ0) is 17.9. The van der Waals surface area contributed by atoms with Gasteiger partial charge < -0.3 is 19.3 Å². The van der Waals surface area contributed by atoms with Gasteiger partial charge in [0.25, 0.3) is 0 Å². The Hall–Kier alpha value is -2.16. The van der Waals surface area contributed by atoms with Crippen molar-refractivity contribution in [2.45, 2.75) is 18.9 Å². The fourth-order valence-electron chi connectivity index (χ4n) is 3.18. The van der Waals surface area contributed by atoms with Gasteiger partial charge in [-0.25, -0.2) is 0 Å². The number of fused-ring (bicyclic) bond motifs is 1. The largest absolute Gasteiger partial charge is 0.486 e. The Labute approximate surface area is 163 Å². The van der Waals surface area contributed by atoms with Crippen molar-refractivity contribution in [3.05, 3.63) is 35.5 Å². The second kappa shape index (κ2) is 8.69. The average molecular weight is 395 g/mol. The third kappa shape index (κ3) is 4.40. The average Bonchev–Trinajstić information content (AvgIpc) is 3.15. The van der Waals surface area contributed by atoms with Gasteiger partial charge >= 0.3 is 0 Å². The molecule has 2 aliphatic heterocycles. The Balaban J connectivity index is 0.00000210. The van der Waals surface area contributed by atoms with Crippen LogP contribution < -0.4 is 14.8 Å². The fourth-order valence-corrected chi connectivity index (χ4v) is 3.18. The minimum absolute atomic E-state index is 0. The minimum atomic E-state index is 0. The first-order valence-electron chi connectivity index (χ1n) is 8.87. The Morgan fingerprint density at radius 1 is 1.30 bits per heavy atom. The molecule has 0 radical (unpaired) electrons. The van der Waals surface area contributed by atoms with E-state index in [1.807, 2.05) is 7.05 Å². The zero-order valence-corrected chi connectivity index (χ0v) is 16.0. The number of hydrogen-bond donors (Lipinski definition) is 1. The molecule has 0 amide bonds. The number of Topliss-reactive ketones (excluding diaryl/α,β-unsaturated/α-hetero) is 1. The van der Waals surface area contributed by atoms with Gasteiger partial charge in [-0.1, -0.05) is 5.16 Å². The van der Waals surface area contributed by atoms with Gasteiger partial charge in [0, 0.05) is 38.0 Å². The molecule has 27 heavy (non-hydrogen) atoms. The lowest BCUT2D eigenvalue weighted by atomic mass is 10.1. The monoisotopic (exact) mass is 394 g/mol. The first-order chi connectivity index (χ1) is 12.7. The molecule has 1 aromatic heterocycles. The molecule has 9 heteroatoms. The van der Waals surface area contributed by atoms with Crippen molar-refractivity contribution in [3.63, 3.8) is 0 Å². The zero-order valence-electron chi connectivity index (χ0n) is 15.1. The Bertz CT molecular complexity index is 797. The summed E-state index contributed by atoms with van der Waals surface area (Å²) in [6, 6.07) is 5.38. The quantitative estimate of drug-likeness (QED) is 0.766. The molecule has 1 fully saturated rings. The number of rotatable bonds is 5. The van der Waals surface area contributed by atoms with Crippen LogP contribution in [-0.4, -0.2) is 60.7 Å². The number of ketones is 1. The van der Waals surface area contributed by atoms with Gasteiger partial charge in [0.2, 0.25) is 5.89 Å². The highest BCUT2D eigenvalue weighted by molar-refractivity contribution is 5.96. The number of nitrogens with one attached hydrogen (secondary N) is 1. The molecular weight excluding hydrogens is 372 g/mol. The number of carbonyl (C=O) groups is 1. The second-order valence-electron chi connectivity index (χ2n) is 6.53. The Morgan fingerprint density at radius 2 is 2.11 bits per heavy atom. The number of piperazine rings is 1. The molecule has 1 saturated heterocycles. The standard InChI is InChI=1S/C18H22N4O4.ClH/c1-22-7-6-19-11-13(22)18-20-17(26-21-18)5-3-14(23)12-2-4-15-16(10-12)25-9-8-24-15;/h2,4,10,13,19H,3,5-9,11H2,1H3;1H. The van der Waals surface area contributed by atoms with Gasteiger partial charge in [0.05, 0.1) is 6.04 Å². The predicted molar refractivity (Wildman–Crippen MR) is 99.9 cm³/mol. The minimum Gasteiger partial charge on any atom is -0.486 e. The van der Waals surface area contributed by atoms with E-state index in [4.69, 9.17) is 14.0 Å². The number of likely N-dealkylation sites (N-methyl/N-ethyl adjacent to an activating group) is 1. The van der Waals surface area contributed by atoms with Crippen LogP contribution in [0.25, 0.3) is 0 Å². The van der Waals surface area contributed by atoms with E-state index in [1.165, 1.54) is 0 Å². The molecule has 2 aromatic rings. The maximum Gasteiger partial charge on any atom is 0.227 e. The van der Waals surface area contributed by atoms with E-state index in [2.05, 4.69) is 20.4 Å². The summed E-state index contributed by atoms with van der Waals surface area (Å²) in [6.07, 6.45) is 0.726. The number of aryl methyl sites for hydroxylation is 1. The van der Waals surface area contributed by atoms with Crippen molar-refractivity contribution in [2.75, 3.05) is 39.9 Å². The van der Waals surface area contributed by atoms with E-state index >= 15 is 0 Å². The van der Waals surface area contributed by atoms with Gasteiger partial charge in [-0.05, 0) is 25.2 Å². The summed E-state index contributed by atoms with van der Waals surface area (Å²) in [7, 11) is 2.05. The van der Waals surface area contributed by atoms with E-state index in [0.29, 0.717) is 54.8 Å². The molecule has 3 heterocycles. The molecule has 1 unspecified atom stereocenters. The van der Waals surface area contributed by atoms with Crippen molar-refractivity contribution < 1.29 is 18.8 Å². The molecular formula is C18H23ClN4O4. The van der Waals surface area contributed by atoms with Crippen molar-refractivity contribution in [3.8, 4) is 11.5 Å². The van der Waals surface area contributed by atoms with Crippen LogP contribution in [0.3, 0.4) is 0 Å². The fraction of sp³-hybridized carbons (Fsp3) is 0.500. The summed E-state index contributed by atoms with van der Waals surface area (Å²) < 4.78 is 16.3. The van der Waals surface area contributed by atoms with Crippen LogP contribution in [-0.2, 0) is 6.42 Å². The molecule has 8 nitrogen and oxygen atoms in total. The summed E-state index contributed by atoms with van der Waals surface area (Å²) in [5.41, 5.74) is 0.602. The molecule has 146 valence electrons. The molecule has 2 aliphatic rings. The summed E-state index contributed by atoms with van der Waals surface area (Å²) in [4.78, 5) is 19.1. The highest BCUT2D eigenvalue weighted by Gasteiger charge is 2.25. The summed E-state index contributed by atoms with van der Waals surface area (Å²) in [5.74, 6) is 2.47. The topological polar surface area (TPSA) is 89.7 Å². The van der Waals surface area contributed by atoms with Crippen molar-refractivity contribution >= 4 is 18.2 Å². The molecule has 1 atom stereocenters. The summed E-state index contributed by atoms with van der Waals surface area (Å²) >= 11 is 0. The molecule has 0 aliphatic carbocycles. The van der Waals surface area contributed by atoms with Crippen molar-refractivity contribution in [1.82, 2.24) is 20.4 Å². The number of carbonyl (C=O) groups excluding carboxylic acids is 1. The lowest BCUT2D eigenvalue weighted by molar-refractivity contribution is 0.0978. The summed E-state index contributed by atoms with van der Waals surface area (Å²) in [6.45, 7) is 3.73. The van der Waals surface area contributed by atoms with E-state index in [-0.39, 0.29) is 24.2 Å². The van der Waals surface area contributed by atoms with E-state index < -0.39 is 0 Å². The Kier molecular flexibility index (Phi) is 6.30. The van der Waals surface area contributed by atoms with E-state index in [9.17, 15) is 4.79 Å². The second-order valence-corrected chi connectivity index (χ2v) is 6.53. The van der Waals surface area contributed by atoms with Gasteiger partial charge in [-0.15, -0.1) is 12.4 Å². The molecule has 1 aromatic carbocycles. The van der Waals surface area contributed by atoms with Crippen molar-refractivity contribution in [2.24, 2.45) is 0 Å². The van der Waals surface area contributed by atoms with Gasteiger partial charge in [-0.2, -0.15) is 4.98 Å². The predicted octanol–water partition coefficient (Wildman–Crippen LogP) is 1.65. The first-order valence-corrected chi connectivity index (χ1v) is 8.87. The lowest BCUT2D eigenvalue weighted by Crippen LogP contribution is -2.44. The number of nitrogens with zero attached hydrogens (tertiary/aromatic N) is 3. The van der Waals surface area contributed by atoms with Crippen molar-refractivity contribution in [1.29, 1.82) is 0 Å². The lowest BCUT2D eigenvalue weighted by Gasteiger charge is -2.30. The van der Waals surface area contributed by atoms with Crippen LogP contribution >= 0.6 is 12.4 Å². The summed E-state index contributed by atoms with van der Waals surface area (Å²) in [5, 5.41) is 7.41. The van der Waals surface area contributed by atoms with Crippen LogP contribution in [0.15, 0.2) is 22.7 Å². The number of hydrogen-bond acceptors (Lipinski definition) is 8. The normalized spacial score (nSPS) is 19.4. The van der Waals surface area contributed by atoms with Crippen LogP contribution in [0.1, 0.15) is 34.5 Å². The highest BCUT2D eigenvalue weighted by Crippen LogP contribution is 2.31. The maximum atomic E-state index is 12.5. The smallest absolute Gasteiger partial charge is 0.227 e. The number of aromatic nitrogens is 2. The van der Waals surface area contributed by atoms with Crippen LogP contribution in [0.4, 0.5) is 0 Å². The third-order valence-electron chi connectivity index (χ3n) is 4.72. The van der Waals surface area contributed by atoms with Gasteiger partial charge in [-0.3, -0.25) is 9.69 Å². The molecule has 4 rings (SSSR count). The van der Waals surface area contributed by atoms with E-state index in [0.717, 1.165) is 19.6 Å². The molecule has 0 bridgehead atoms.